The van der Waals surface area contributed by atoms with E-state index in [1.165, 1.54) is 0 Å². The summed E-state index contributed by atoms with van der Waals surface area (Å²) < 4.78 is 5.23. The van der Waals surface area contributed by atoms with Crippen LogP contribution in [0.25, 0.3) is 0 Å². The predicted octanol–water partition coefficient (Wildman–Crippen LogP) is 4.27. The molecule has 2 rings (SSSR count). The van der Waals surface area contributed by atoms with Gasteiger partial charge in [-0.2, -0.15) is 0 Å². The topological polar surface area (TPSA) is 58.6 Å². The van der Waals surface area contributed by atoms with E-state index in [1.807, 2.05) is 83.1 Å². The first-order chi connectivity index (χ1) is 14.1. The summed E-state index contributed by atoms with van der Waals surface area (Å²) in [7, 11) is 1.62. The third-order valence-corrected chi connectivity index (χ3v) is 5.00. The molecule has 0 unspecified atom stereocenters. The molecule has 0 fully saturated rings. The van der Waals surface area contributed by atoms with Crippen LogP contribution < -0.4 is 10.1 Å². The Morgan fingerprint density at radius 1 is 1.07 bits per heavy atom. The van der Waals surface area contributed by atoms with Crippen LogP contribution in [0.3, 0.4) is 0 Å². The van der Waals surface area contributed by atoms with Gasteiger partial charge in [-0.05, 0) is 62.9 Å². The maximum atomic E-state index is 13.4. The van der Waals surface area contributed by atoms with Crippen molar-refractivity contribution in [3.63, 3.8) is 0 Å². The van der Waals surface area contributed by atoms with Gasteiger partial charge >= 0.3 is 0 Å². The van der Waals surface area contributed by atoms with Crippen molar-refractivity contribution in [2.24, 2.45) is 0 Å². The smallest absolute Gasteiger partial charge is 0.243 e. The SMILES string of the molecule is CC[C@H](C(=O)NC(C)(C)C)N(Cc1ccc(OC)cc1)C(=O)Cc1ccccc1C. The lowest BCUT2D eigenvalue weighted by Gasteiger charge is -2.33. The zero-order valence-corrected chi connectivity index (χ0v) is 19.0. The summed E-state index contributed by atoms with van der Waals surface area (Å²) in [5, 5.41) is 3.03. The second-order valence-corrected chi connectivity index (χ2v) is 8.64. The summed E-state index contributed by atoms with van der Waals surface area (Å²) in [5.41, 5.74) is 2.64. The van der Waals surface area contributed by atoms with Crippen molar-refractivity contribution in [1.82, 2.24) is 10.2 Å². The normalized spacial score (nSPS) is 12.2. The quantitative estimate of drug-likeness (QED) is 0.707. The van der Waals surface area contributed by atoms with Crippen molar-refractivity contribution in [1.29, 1.82) is 0 Å². The number of nitrogens with one attached hydrogen (secondary N) is 1. The molecule has 0 saturated carbocycles. The van der Waals surface area contributed by atoms with Gasteiger partial charge in [0.25, 0.3) is 0 Å². The Morgan fingerprint density at radius 3 is 2.23 bits per heavy atom. The number of hydrogen-bond acceptors (Lipinski definition) is 3. The average Bonchev–Trinajstić information content (AvgIpc) is 2.68. The van der Waals surface area contributed by atoms with Gasteiger partial charge in [0.05, 0.1) is 13.5 Å². The molecule has 5 heteroatoms. The van der Waals surface area contributed by atoms with Gasteiger partial charge in [-0.15, -0.1) is 0 Å². The van der Waals surface area contributed by atoms with Crippen molar-refractivity contribution < 1.29 is 14.3 Å². The number of benzene rings is 2. The van der Waals surface area contributed by atoms with E-state index in [9.17, 15) is 9.59 Å². The van der Waals surface area contributed by atoms with Crippen LogP contribution in [-0.2, 0) is 22.6 Å². The summed E-state index contributed by atoms with van der Waals surface area (Å²) in [4.78, 5) is 28.1. The minimum Gasteiger partial charge on any atom is -0.497 e. The maximum absolute atomic E-state index is 13.4. The molecular formula is C25H34N2O3. The van der Waals surface area contributed by atoms with Crippen molar-refractivity contribution in [3.05, 3.63) is 65.2 Å². The van der Waals surface area contributed by atoms with Gasteiger partial charge in [0.15, 0.2) is 0 Å². The lowest BCUT2D eigenvalue weighted by Crippen LogP contribution is -2.53. The Labute approximate surface area is 180 Å². The molecule has 0 saturated heterocycles. The van der Waals surface area contributed by atoms with Crippen LogP contribution in [0.5, 0.6) is 5.75 Å². The zero-order valence-electron chi connectivity index (χ0n) is 19.0. The molecule has 0 aliphatic carbocycles. The summed E-state index contributed by atoms with van der Waals surface area (Å²) >= 11 is 0. The Morgan fingerprint density at radius 2 is 1.70 bits per heavy atom. The second-order valence-electron chi connectivity index (χ2n) is 8.64. The number of hydrogen-bond donors (Lipinski definition) is 1. The molecular weight excluding hydrogens is 376 g/mol. The minimum atomic E-state index is -0.539. The monoisotopic (exact) mass is 410 g/mol. The van der Waals surface area contributed by atoms with Gasteiger partial charge in [0, 0.05) is 12.1 Å². The van der Waals surface area contributed by atoms with Gasteiger partial charge in [-0.25, -0.2) is 0 Å². The van der Waals surface area contributed by atoms with E-state index in [-0.39, 0.29) is 23.8 Å². The third kappa shape index (κ3) is 6.61. The van der Waals surface area contributed by atoms with E-state index in [1.54, 1.807) is 12.0 Å². The zero-order chi connectivity index (χ0) is 22.3. The Hall–Kier alpha value is -2.82. The summed E-state index contributed by atoms with van der Waals surface area (Å²) in [6, 6.07) is 14.9. The van der Waals surface area contributed by atoms with Gasteiger partial charge in [0.2, 0.25) is 11.8 Å². The van der Waals surface area contributed by atoms with E-state index >= 15 is 0 Å². The number of rotatable bonds is 8. The van der Waals surface area contributed by atoms with Crippen LogP contribution >= 0.6 is 0 Å². The van der Waals surface area contributed by atoms with Crippen LogP contribution in [0.2, 0.25) is 0 Å². The van der Waals surface area contributed by atoms with Crippen molar-refractivity contribution in [2.45, 2.75) is 65.6 Å². The van der Waals surface area contributed by atoms with Crippen molar-refractivity contribution in [3.8, 4) is 5.75 Å². The molecule has 0 aliphatic heterocycles. The highest BCUT2D eigenvalue weighted by Crippen LogP contribution is 2.19. The van der Waals surface area contributed by atoms with Gasteiger partial charge < -0.3 is 15.0 Å². The molecule has 1 N–H and O–H groups in total. The van der Waals surface area contributed by atoms with Crippen LogP contribution in [0.1, 0.15) is 50.8 Å². The largest absolute Gasteiger partial charge is 0.497 e. The highest BCUT2D eigenvalue weighted by atomic mass is 16.5. The van der Waals surface area contributed by atoms with E-state index in [4.69, 9.17) is 4.74 Å². The van der Waals surface area contributed by atoms with Crippen LogP contribution in [0.4, 0.5) is 0 Å². The molecule has 1 atom stereocenters. The number of carbonyl (C=O) groups excluding carboxylic acids is 2. The molecule has 30 heavy (non-hydrogen) atoms. The highest BCUT2D eigenvalue weighted by molar-refractivity contribution is 5.89. The van der Waals surface area contributed by atoms with Gasteiger partial charge in [-0.1, -0.05) is 43.3 Å². The van der Waals surface area contributed by atoms with Crippen LogP contribution in [-0.4, -0.2) is 35.4 Å². The molecule has 0 radical (unpaired) electrons. The fourth-order valence-electron chi connectivity index (χ4n) is 3.37. The minimum absolute atomic E-state index is 0.0592. The molecule has 2 aromatic rings. The lowest BCUT2D eigenvalue weighted by atomic mass is 10.0. The number of aryl methyl sites for hydroxylation is 1. The average molecular weight is 411 g/mol. The third-order valence-electron chi connectivity index (χ3n) is 5.00. The molecule has 0 aliphatic rings. The fourth-order valence-corrected chi connectivity index (χ4v) is 3.37. The lowest BCUT2D eigenvalue weighted by molar-refractivity contribution is -0.141. The fraction of sp³-hybridized carbons (Fsp3) is 0.440. The molecule has 2 amide bonds. The molecule has 162 valence electrons. The van der Waals surface area contributed by atoms with Gasteiger partial charge in [-0.3, -0.25) is 9.59 Å². The number of amides is 2. The van der Waals surface area contributed by atoms with E-state index in [2.05, 4.69) is 5.32 Å². The van der Waals surface area contributed by atoms with E-state index < -0.39 is 6.04 Å². The van der Waals surface area contributed by atoms with E-state index in [0.29, 0.717) is 13.0 Å². The second kappa shape index (κ2) is 10.3. The molecule has 0 aromatic heterocycles. The maximum Gasteiger partial charge on any atom is 0.243 e. The Balaban J connectivity index is 2.32. The Bertz CT molecular complexity index is 853. The van der Waals surface area contributed by atoms with Crippen molar-refractivity contribution >= 4 is 11.8 Å². The first kappa shape index (κ1) is 23.5. The molecule has 0 heterocycles. The first-order valence-electron chi connectivity index (χ1n) is 10.4. The van der Waals surface area contributed by atoms with Crippen LogP contribution in [0, 0.1) is 6.92 Å². The summed E-state index contributed by atoms with van der Waals surface area (Å²) in [6.45, 7) is 10.1. The predicted molar refractivity (Wildman–Crippen MR) is 120 cm³/mol. The number of methoxy groups -OCH3 is 1. The molecule has 5 nitrogen and oxygen atoms in total. The number of ether oxygens (including phenoxy) is 1. The van der Waals surface area contributed by atoms with Gasteiger partial charge in [0.1, 0.15) is 11.8 Å². The number of nitrogens with zero attached hydrogens (tertiary/aromatic N) is 1. The van der Waals surface area contributed by atoms with Crippen LogP contribution in [0.15, 0.2) is 48.5 Å². The van der Waals surface area contributed by atoms with E-state index in [0.717, 1.165) is 22.4 Å². The molecule has 0 bridgehead atoms. The summed E-state index contributed by atoms with van der Waals surface area (Å²) in [6.07, 6.45) is 0.805. The highest BCUT2D eigenvalue weighted by Gasteiger charge is 2.30. The Kier molecular flexibility index (Phi) is 8.04. The molecule has 2 aromatic carbocycles. The summed E-state index contributed by atoms with van der Waals surface area (Å²) in [5.74, 6) is 0.571. The van der Waals surface area contributed by atoms with Crippen molar-refractivity contribution in [2.75, 3.05) is 7.11 Å². The number of carbonyl (C=O) groups is 2. The first-order valence-corrected chi connectivity index (χ1v) is 10.4. The molecule has 0 spiro atoms. The standard InChI is InChI=1S/C25H34N2O3/c1-7-22(24(29)26-25(3,4)5)27(17-19-12-14-21(30-6)15-13-19)23(28)16-20-11-9-8-10-18(20)2/h8-15,22H,7,16-17H2,1-6H3,(H,26,29)/t22-/m1/s1.